The van der Waals surface area contributed by atoms with Crippen molar-refractivity contribution in [2.75, 3.05) is 6.54 Å². The van der Waals surface area contributed by atoms with E-state index in [1.165, 1.54) is 0 Å². The van der Waals surface area contributed by atoms with Gasteiger partial charge >= 0.3 is 0 Å². The molecule has 2 N–H and O–H groups in total. The fourth-order valence-electron chi connectivity index (χ4n) is 2.84. The van der Waals surface area contributed by atoms with Crippen molar-refractivity contribution < 1.29 is 4.79 Å². The van der Waals surface area contributed by atoms with Gasteiger partial charge in [-0.15, -0.1) is 0 Å². The maximum atomic E-state index is 12.5. The summed E-state index contributed by atoms with van der Waals surface area (Å²) < 4.78 is 0. The molecule has 2 fully saturated rings. The van der Waals surface area contributed by atoms with Gasteiger partial charge in [-0.05, 0) is 38.5 Å². The van der Waals surface area contributed by atoms with Crippen molar-refractivity contribution in [3.05, 3.63) is 0 Å². The molecule has 16 heavy (non-hydrogen) atoms. The van der Waals surface area contributed by atoms with Crippen molar-refractivity contribution in [3.8, 4) is 0 Å². The van der Waals surface area contributed by atoms with Crippen molar-refractivity contribution in [1.29, 1.82) is 0 Å². The first-order valence-corrected chi connectivity index (χ1v) is 6.53. The number of nitrogens with two attached hydrogens (primary N) is 1. The van der Waals surface area contributed by atoms with Crippen LogP contribution in [0.4, 0.5) is 0 Å². The van der Waals surface area contributed by atoms with E-state index in [9.17, 15) is 4.79 Å². The summed E-state index contributed by atoms with van der Waals surface area (Å²) in [6.07, 6.45) is 3.96. The van der Waals surface area contributed by atoms with Gasteiger partial charge in [-0.1, -0.05) is 19.1 Å². The third-order valence-corrected chi connectivity index (χ3v) is 4.25. The van der Waals surface area contributed by atoms with Gasteiger partial charge in [-0.2, -0.15) is 0 Å². The molecule has 0 aliphatic heterocycles. The van der Waals surface area contributed by atoms with Gasteiger partial charge < -0.3 is 10.6 Å². The third-order valence-electron chi connectivity index (χ3n) is 3.86. The molecule has 4 heteroatoms. The van der Waals surface area contributed by atoms with Crippen LogP contribution in [0.5, 0.6) is 0 Å². The lowest BCUT2D eigenvalue weighted by Gasteiger charge is -2.46. The van der Waals surface area contributed by atoms with Crippen LogP contribution >= 0.6 is 12.2 Å². The molecule has 0 aromatic heterocycles. The van der Waals surface area contributed by atoms with E-state index < -0.39 is 5.41 Å². The topological polar surface area (TPSA) is 46.3 Å². The zero-order chi connectivity index (χ0) is 11.9. The molecule has 0 atom stereocenters. The maximum Gasteiger partial charge on any atom is 0.235 e. The number of nitrogens with zero attached hydrogens (tertiary/aromatic N) is 1. The van der Waals surface area contributed by atoms with Gasteiger partial charge in [0.15, 0.2) is 0 Å². The fourth-order valence-corrected chi connectivity index (χ4v) is 3.09. The summed E-state index contributed by atoms with van der Waals surface area (Å²) in [7, 11) is 0. The first kappa shape index (κ1) is 11.8. The van der Waals surface area contributed by atoms with E-state index >= 15 is 0 Å². The molecule has 0 aromatic rings. The Morgan fingerprint density at radius 3 is 2.38 bits per heavy atom. The van der Waals surface area contributed by atoms with Gasteiger partial charge in [0.05, 0.1) is 10.4 Å². The molecule has 2 rings (SSSR count). The average molecular weight is 240 g/mol. The highest BCUT2D eigenvalue weighted by molar-refractivity contribution is 7.80. The number of rotatable bonds is 4. The quantitative estimate of drug-likeness (QED) is 0.761. The summed E-state index contributed by atoms with van der Waals surface area (Å²) in [5.41, 5.74) is 5.29. The molecule has 0 spiro atoms. The number of hydrogen-bond donors (Lipinski definition) is 1. The van der Waals surface area contributed by atoms with Crippen LogP contribution in [0.1, 0.15) is 39.5 Å². The molecule has 0 radical (unpaired) electrons. The smallest absolute Gasteiger partial charge is 0.235 e. The van der Waals surface area contributed by atoms with Gasteiger partial charge in [0.25, 0.3) is 0 Å². The van der Waals surface area contributed by atoms with E-state index in [0.717, 1.165) is 32.2 Å². The van der Waals surface area contributed by atoms with Crippen molar-refractivity contribution >= 4 is 23.1 Å². The summed E-state index contributed by atoms with van der Waals surface area (Å²) in [4.78, 5) is 14.9. The fraction of sp³-hybridized carbons (Fsp3) is 0.833. The van der Waals surface area contributed by atoms with Crippen LogP contribution in [0.3, 0.4) is 0 Å². The van der Waals surface area contributed by atoms with E-state index in [1.807, 2.05) is 11.8 Å². The Hall–Kier alpha value is -0.640. The van der Waals surface area contributed by atoms with Crippen LogP contribution in [0.2, 0.25) is 0 Å². The van der Waals surface area contributed by atoms with Crippen LogP contribution in [0.15, 0.2) is 0 Å². The van der Waals surface area contributed by atoms with Crippen molar-refractivity contribution in [1.82, 2.24) is 4.90 Å². The van der Waals surface area contributed by atoms with Crippen LogP contribution in [0, 0.1) is 11.3 Å². The minimum Gasteiger partial charge on any atom is -0.392 e. The predicted octanol–water partition coefficient (Wildman–Crippen LogP) is 1.70. The molecule has 2 aliphatic rings. The maximum absolute atomic E-state index is 12.5. The lowest BCUT2D eigenvalue weighted by atomic mass is 9.61. The van der Waals surface area contributed by atoms with Crippen LogP contribution in [-0.2, 0) is 4.79 Å². The van der Waals surface area contributed by atoms with Crippen molar-refractivity contribution in [3.63, 3.8) is 0 Å². The normalized spacial score (nSPS) is 33.0. The predicted molar refractivity (Wildman–Crippen MR) is 68.0 cm³/mol. The Kier molecular flexibility index (Phi) is 2.95. The van der Waals surface area contributed by atoms with Crippen molar-refractivity contribution in [2.45, 2.75) is 45.6 Å². The Balaban J connectivity index is 2.14. The standard InChI is InChI=1S/C12H20N2OS/c1-3-14(9-4-5-9)11(15)12(10(13)16)6-8(2)7-12/h8-9H,3-7H2,1-2H3,(H2,13,16). The summed E-state index contributed by atoms with van der Waals surface area (Å²) in [5, 5.41) is 0. The van der Waals surface area contributed by atoms with Gasteiger partial charge in [-0.3, -0.25) is 4.79 Å². The highest BCUT2D eigenvalue weighted by Crippen LogP contribution is 2.48. The second-order valence-corrected chi connectivity index (χ2v) is 5.72. The highest BCUT2D eigenvalue weighted by Gasteiger charge is 2.53. The van der Waals surface area contributed by atoms with Gasteiger partial charge in [0.1, 0.15) is 0 Å². The summed E-state index contributed by atoms with van der Waals surface area (Å²) in [6.45, 7) is 4.96. The second kappa shape index (κ2) is 3.99. The van der Waals surface area contributed by atoms with Crippen LogP contribution < -0.4 is 5.73 Å². The average Bonchev–Trinajstić information content (AvgIpc) is 2.97. The first-order chi connectivity index (χ1) is 7.51. The largest absolute Gasteiger partial charge is 0.392 e. The molecule has 2 aliphatic carbocycles. The number of amides is 1. The number of carbonyl (C=O) groups excluding carboxylic acids is 1. The Morgan fingerprint density at radius 1 is 1.50 bits per heavy atom. The van der Waals surface area contributed by atoms with Crippen LogP contribution in [0.25, 0.3) is 0 Å². The first-order valence-electron chi connectivity index (χ1n) is 6.12. The molecule has 90 valence electrons. The van der Waals surface area contributed by atoms with E-state index in [-0.39, 0.29) is 5.91 Å². The number of thiocarbonyl (C=S) groups is 1. The summed E-state index contributed by atoms with van der Waals surface area (Å²) >= 11 is 5.11. The van der Waals surface area contributed by atoms with E-state index in [4.69, 9.17) is 18.0 Å². The molecule has 3 nitrogen and oxygen atoms in total. The molecular weight excluding hydrogens is 220 g/mol. The van der Waals surface area contributed by atoms with Gasteiger partial charge in [-0.25, -0.2) is 0 Å². The molecular formula is C12H20N2OS. The Bertz CT molecular complexity index is 319. The molecule has 1 amide bonds. The van der Waals surface area contributed by atoms with Crippen molar-refractivity contribution in [2.24, 2.45) is 17.1 Å². The minimum absolute atomic E-state index is 0.183. The molecule has 2 saturated carbocycles. The molecule has 0 bridgehead atoms. The zero-order valence-electron chi connectivity index (χ0n) is 10.0. The molecule has 0 heterocycles. The number of carbonyl (C=O) groups is 1. The molecule has 0 unspecified atom stereocenters. The minimum atomic E-state index is -0.507. The summed E-state index contributed by atoms with van der Waals surface area (Å²) in [6, 6.07) is 0.458. The van der Waals surface area contributed by atoms with E-state index in [2.05, 4.69) is 6.92 Å². The second-order valence-electron chi connectivity index (χ2n) is 5.28. The highest BCUT2D eigenvalue weighted by atomic mass is 32.1. The Labute approximate surface area is 102 Å². The van der Waals surface area contributed by atoms with Crippen LogP contribution in [-0.4, -0.2) is 28.4 Å². The zero-order valence-corrected chi connectivity index (χ0v) is 10.8. The summed E-state index contributed by atoms with van der Waals surface area (Å²) in [5.74, 6) is 0.756. The van der Waals surface area contributed by atoms with Gasteiger partial charge in [0, 0.05) is 12.6 Å². The van der Waals surface area contributed by atoms with E-state index in [1.54, 1.807) is 0 Å². The third kappa shape index (κ3) is 1.73. The molecule has 0 saturated heterocycles. The lowest BCUT2D eigenvalue weighted by Crippen LogP contribution is -2.57. The lowest BCUT2D eigenvalue weighted by molar-refractivity contribution is -0.144. The SMILES string of the molecule is CCN(C(=O)C1(C(N)=S)CC(C)C1)C1CC1. The van der Waals surface area contributed by atoms with Gasteiger partial charge in [0.2, 0.25) is 5.91 Å². The molecule has 0 aromatic carbocycles. The number of hydrogen-bond acceptors (Lipinski definition) is 2. The monoisotopic (exact) mass is 240 g/mol. The van der Waals surface area contributed by atoms with E-state index in [0.29, 0.717) is 16.9 Å². The Morgan fingerprint density at radius 2 is 2.06 bits per heavy atom.